The average Bonchev–Trinajstić information content (AvgIpc) is 2.73. The predicted octanol–water partition coefficient (Wildman–Crippen LogP) is -0.906. The summed E-state index contributed by atoms with van der Waals surface area (Å²) in [6.07, 6.45) is 0. The molecule has 3 N–H and O–H groups in total. The fourth-order valence-electron chi connectivity index (χ4n) is 1.81. The highest BCUT2D eigenvalue weighted by atomic mass is 16.6. The van der Waals surface area contributed by atoms with Crippen molar-refractivity contribution in [1.82, 2.24) is 0 Å². The minimum absolute atomic E-state index is 0.246. The lowest BCUT2D eigenvalue weighted by Gasteiger charge is -2.08. The molecule has 0 aliphatic carbocycles. The summed E-state index contributed by atoms with van der Waals surface area (Å²) in [6.45, 7) is 6.86. The Morgan fingerprint density at radius 3 is 0.933 bits per heavy atom. The molecule has 0 amide bonds. The van der Waals surface area contributed by atoms with E-state index in [9.17, 15) is 4.79 Å². The van der Waals surface area contributed by atoms with Crippen LogP contribution < -0.4 is 5.90 Å². The standard InChI is InChI=1S/C18H37NO11/c19-30-16-15-28-12-11-26-8-7-24-4-3-22-1-2-23-5-6-25-9-10-27-13-14-29-17-18(20)21/h1-17,19H2,(H,20,21). The highest BCUT2D eigenvalue weighted by Crippen LogP contribution is 1.85. The normalized spacial score (nSPS) is 11.2. The van der Waals surface area contributed by atoms with Gasteiger partial charge in [-0.2, -0.15) is 0 Å². The molecule has 0 heterocycles. The molecule has 12 heteroatoms. The van der Waals surface area contributed by atoms with Crippen molar-refractivity contribution in [2.45, 2.75) is 0 Å². The lowest BCUT2D eigenvalue weighted by atomic mass is 10.6. The van der Waals surface area contributed by atoms with Crippen molar-refractivity contribution in [2.24, 2.45) is 5.90 Å². The van der Waals surface area contributed by atoms with Gasteiger partial charge >= 0.3 is 5.97 Å². The van der Waals surface area contributed by atoms with Gasteiger partial charge in [0, 0.05) is 0 Å². The molecule has 30 heavy (non-hydrogen) atoms. The van der Waals surface area contributed by atoms with Crippen LogP contribution in [0.5, 0.6) is 0 Å². The second kappa shape index (κ2) is 26.1. The average molecular weight is 443 g/mol. The van der Waals surface area contributed by atoms with Gasteiger partial charge in [-0.05, 0) is 0 Å². The van der Waals surface area contributed by atoms with E-state index in [0.29, 0.717) is 99.1 Å². The summed E-state index contributed by atoms with van der Waals surface area (Å²) < 4.78 is 42.0. The van der Waals surface area contributed by atoms with Gasteiger partial charge in [0.1, 0.15) is 6.61 Å². The number of carboxylic acid groups (broad SMARTS) is 1. The molecule has 12 nitrogen and oxygen atoms in total. The fraction of sp³-hybridized carbons (Fsp3) is 0.944. The first-order valence-corrected chi connectivity index (χ1v) is 9.92. The smallest absolute Gasteiger partial charge is 0.329 e. The molecule has 0 fully saturated rings. The van der Waals surface area contributed by atoms with E-state index in [1.807, 2.05) is 0 Å². The van der Waals surface area contributed by atoms with Crippen LogP contribution in [0.15, 0.2) is 0 Å². The van der Waals surface area contributed by atoms with Crippen LogP contribution in [0.1, 0.15) is 0 Å². The van der Waals surface area contributed by atoms with Crippen LogP contribution in [0.4, 0.5) is 0 Å². The molecule has 0 rings (SSSR count). The third kappa shape index (κ3) is 27.1. The number of hydrogen-bond donors (Lipinski definition) is 2. The van der Waals surface area contributed by atoms with Crippen molar-refractivity contribution in [3.8, 4) is 0 Å². The van der Waals surface area contributed by atoms with Crippen molar-refractivity contribution in [1.29, 1.82) is 0 Å². The Morgan fingerprint density at radius 1 is 0.467 bits per heavy atom. The highest BCUT2D eigenvalue weighted by Gasteiger charge is 1.97. The first-order chi connectivity index (χ1) is 14.8. The van der Waals surface area contributed by atoms with Crippen LogP contribution in [-0.4, -0.2) is 123 Å². The number of nitrogens with two attached hydrogens (primary N) is 1. The molecule has 0 bridgehead atoms. The van der Waals surface area contributed by atoms with E-state index in [1.54, 1.807) is 0 Å². The number of hydrogen-bond acceptors (Lipinski definition) is 11. The second-order valence-electron chi connectivity index (χ2n) is 5.60. The zero-order valence-electron chi connectivity index (χ0n) is 17.6. The number of carboxylic acids is 1. The number of aliphatic carboxylic acids is 1. The SMILES string of the molecule is NOCCOCCOCCOCCOCCOCCOCCOCCOCC(=O)O. The van der Waals surface area contributed by atoms with Gasteiger partial charge in [-0.25, -0.2) is 10.7 Å². The molecule has 0 saturated carbocycles. The summed E-state index contributed by atoms with van der Waals surface area (Å²) in [5.41, 5.74) is 0. The molecular formula is C18H37NO11. The van der Waals surface area contributed by atoms with Crippen LogP contribution in [-0.2, 0) is 47.5 Å². The molecule has 0 atom stereocenters. The number of rotatable bonds is 26. The Bertz CT molecular complexity index is 350. The molecule has 0 saturated heterocycles. The minimum atomic E-state index is -0.994. The van der Waals surface area contributed by atoms with E-state index in [2.05, 4.69) is 4.84 Å². The zero-order chi connectivity index (χ0) is 22.0. The van der Waals surface area contributed by atoms with E-state index < -0.39 is 5.97 Å². The maximum atomic E-state index is 10.2. The maximum Gasteiger partial charge on any atom is 0.329 e. The van der Waals surface area contributed by atoms with E-state index >= 15 is 0 Å². The Hall–Kier alpha value is -0.930. The predicted molar refractivity (Wildman–Crippen MR) is 104 cm³/mol. The second-order valence-corrected chi connectivity index (χ2v) is 5.60. The molecule has 0 unspecified atom stereocenters. The number of ether oxygens (including phenoxy) is 8. The topological polar surface area (TPSA) is 146 Å². The zero-order valence-corrected chi connectivity index (χ0v) is 17.6. The van der Waals surface area contributed by atoms with Gasteiger partial charge in [0.2, 0.25) is 0 Å². The van der Waals surface area contributed by atoms with E-state index in [1.165, 1.54) is 0 Å². The summed E-state index contributed by atoms with van der Waals surface area (Å²) in [5.74, 6) is 3.87. The third-order valence-electron chi connectivity index (χ3n) is 3.18. The Kier molecular flexibility index (Phi) is 25.3. The molecule has 0 aromatic rings. The Morgan fingerprint density at radius 2 is 0.700 bits per heavy atom. The largest absolute Gasteiger partial charge is 0.480 e. The minimum Gasteiger partial charge on any atom is -0.480 e. The van der Waals surface area contributed by atoms with Crippen molar-refractivity contribution < 1.29 is 52.6 Å². The van der Waals surface area contributed by atoms with Crippen LogP contribution >= 0.6 is 0 Å². The Labute approximate surface area is 177 Å². The van der Waals surface area contributed by atoms with Gasteiger partial charge < -0.3 is 47.8 Å². The van der Waals surface area contributed by atoms with Gasteiger partial charge in [-0.15, -0.1) is 0 Å². The van der Waals surface area contributed by atoms with Crippen molar-refractivity contribution in [3.05, 3.63) is 0 Å². The molecule has 0 aliphatic heterocycles. The van der Waals surface area contributed by atoms with Crippen molar-refractivity contribution in [2.75, 3.05) is 112 Å². The van der Waals surface area contributed by atoms with Crippen LogP contribution in [0.3, 0.4) is 0 Å². The molecule has 0 spiro atoms. The van der Waals surface area contributed by atoms with Crippen LogP contribution in [0.25, 0.3) is 0 Å². The van der Waals surface area contributed by atoms with Crippen LogP contribution in [0.2, 0.25) is 0 Å². The maximum absolute atomic E-state index is 10.2. The van der Waals surface area contributed by atoms with Gasteiger partial charge in [-0.3, -0.25) is 0 Å². The quantitative estimate of drug-likeness (QED) is 0.126. The lowest BCUT2D eigenvalue weighted by Crippen LogP contribution is -2.15. The van der Waals surface area contributed by atoms with Crippen molar-refractivity contribution in [3.63, 3.8) is 0 Å². The summed E-state index contributed by atoms with van der Waals surface area (Å²) in [7, 11) is 0. The molecule has 0 radical (unpaired) electrons. The lowest BCUT2D eigenvalue weighted by molar-refractivity contribution is -0.142. The Balaban J connectivity index is 2.99. The van der Waals surface area contributed by atoms with Gasteiger partial charge in [0.15, 0.2) is 0 Å². The summed E-state index contributed by atoms with van der Waals surface area (Å²) in [5, 5.41) is 8.37. The van der Waals surface area contributed by atoms with Crippen LogP contribution in [0, 0.1) is 0 Å². The van der Waals surface area contributed by atoms with E-state index in [-0.39, 0.29) is 13.2 Å². The number of carbonyl (C=O) groups is 1. The first kappa shape index (κ1) is 29.1. The molecular weight excluding hydrogens is 406 g/mol. The fourth-order valence-corrected chi connectivity index (χ4v) is 1.81. The molecule has 0 aliphatic rings. The first-order valence-electron chi connectivity index (χ1n) is 9.92. The summed E-state index contributed by atoms with van der Waals surface area (Å²) >= 11 is 0. The molecule has 180 valence electrons. The van der Waals surface area contributed by atoms with E-state index in [0.717, 1.165) is 0 Å². The van der Waals surface area contributed by atoms with Crippen molar-refractivity contribution >= 4 is 5.97 Å². The summed E-state index contributed by atoms with van der Waals surface area (Å²) in [4.78, 5) is 14.6. The van der Waals surface area contributed by atoms with Gasteiger partial charge in [0.05, 0.1) is 106 Å². The molecule has 0 aromatic heterocycles. The monoisotopic (exact) mass is 443 g/mol. The molecule has 0 aromatic carbocycles. The highest BCUT2D eigenvalue weighted by molar-refractivity contribution is 5.67. The van der Waals surface area contributed by atoms with E-state index in [4.69, 9.17) is 48.9 Å². The summed E-state index contributed by atoms with van der Waals surface area (Å²) in [6, 6.07) is 0. The van der Waals surface area contributed by atoms with Gasteiger partial charge in [0.25, 0.3) is 0 Å². The third-order valence-corrected chi connectivity index (χ3v) is 3.18. The van der Waals surface area contributed by atoms with Gasteiger partial charge in [-0.1, -0.05) is 0 Å².